The zero-order valence-corrected chi connectivity index (χ0v) is 15.7. The largest absolute Gasteiger partial charge is 0.386 e. The monoisotopic (exact) mass is 445 g/mol. The molecule has 0 spiro atoms. The quantitative estimate of drug-likeness (QED) is 0.211. The molecule has 0 fully saturated rings. The average molecular weight is 447 g/mol. The van der Waals surface area contributed by atoms with Crippen LogP contribution >= 0.6 is 46.4 Å². The third-order valence-corrected chi connectivity index (χ3v) is 4.57. The van der Waals surface area contributed by atoms with Gasteiger partial charge in [-0.05, 0) is 12.1 Å². The molecule has 1 aromatic rings. The highest BCUT2D eigenvalue weighted by atomic mass is 35.5. The highest BCUT2D eigenvalue weighted by Gasteiger charge is 2.16. The smallest absolute Gasteiger partial charge is 0.318 e. The molecule has 132 valence electrons. The third kappa shape index (κ3) is 9.52. The van der Waals surface area contributed by atoms with Gasteiger partial charge in [-0.15, -0.1) is 16.0 Å². The molecule has 14 heteroatoms. The van der Waals surface area contributed by atoms with Crippen molar-refractivity contribution < 1.29 is 21.4 Å². The first-order valence-electron chi connectivity index (χ1n) is 5.33. The molecular formula is C9H11Cl4N3O5S2. The number of nitrogens with zero attached hydrogens (tertiary/aromatic N) is 1. The Kier molecular flexibility index (Phi) is 9.10. The summed E-state index contributed by atoms with van der Waals surface area (Å²) in [6.07, 6.45) is 0.220. The maximum Gasteiger partial charge on any atom is 0.318 e. The minimum atomic E-state index is -4.35. The summed E-state index contributed by atoms with van der Waals surface area (Å²) in [7, 11) is -8.19. The second-order valence-electron chi connectivity index (χ2n) is 3.71. The highest BCUT2D eigenvalue weighted by Crippen LogP contribution is 2.31. The lowest BCUT2D eigenvalue weighted by Gasteiger charge is -2.02. The Bertz CT molecular complexity index is 796. The van der Waals surface area contributed by atoms with Crippen LogP contribution in [-0.4, -0.2) is 33.1 Å². The number of hydrogen-bond acceptors (Lipinski definition) is 4. The molecule has 0 aliphatic carbocycles. The number of amidine groups is 1. The molecule has 1 aromatic carbocycles. The molecule has 1 rings (SSSR count). The lowest BCUT2D eigenvalue weighted by atomic mass is 10.4. The van der Waals surface area contributed by atoms with E-state index in [4.69, 9.17) is 56.7 Å². The highest BCUT2D eigenvalue weighted by molar-refractivity contribution is 7.88. The number of alkyl halides is 1. The normalized spacial score (nSPS) is 12.5. The van der Waals surface area contributed by atoms with Crippen LogP contribution in [0.15, 0.2) is 21.4 Å². The van der Waals surface area contributed by atoms with E-state index in [1.54, 1.807) is 0 Å². The Balaban J connectivity index is 0.000000438. The van der Waals surface area contributed by atoms with E-state index in [1.165, 1.54) is 0 Å². The molecule has 0 heterocycles. The van der Waals surface area contributed by atoms with Gasteiger partial charge in [0, 0.05) is 12.3 Å². The van der Waals surface area contributed by atoms with Gasteiger partial charge in [0.05, 0.1) is 15.1 Å². The molecule has 23 heavy (non-hydrogen) atoms. The Morgan fingerprint density at radius 1 is 1.09 bits per heavy atom. The van der Waals surface area contributed by atoms with Crippen molar-refractivity contribution in [1.82, 2.24) is 0 Å². The van der Waals surface area contributed by atoms with E-state index in [0.717, 1.165) is 12.1 Å². The van der Waals surface area contributed by atoms with E-state index in [1.807, 2.05) is 0 Å². The van der Waals surface area contributed by atoms with Gasteiger partial charge < -0.3 is 5.73 Å². The van der Waals surface area contributed by atoms with Crippen molar-refractivity contribution in [3.63, 3.8) is 0 Å². The number of nitrogens with two attached hydrogens (primary N) is 2. The van der Waals surface area contributed by atoms with Crippen molar-refractivity contribution in [1.29, 1.82) is 0 Å². The van der Waals surface area contributed by atoms with Gasteiger partial charge >= 0.3 is 10.2 Å². The summed E-state index contributed by atoms with van der Waals surface area (Å²) in [5, 5.41) is 4.50. The van der Waals surface area contributed by atoms with Crippen LogP contribution in [0.3, 0.4) is 0 Å². The van der Waals surface area contributed by atoms with Gasteiger partial charge in [-0.3, -0.25) is 4.55 Å². The van der Waals surface area contributed by atoms with E-state index in [0.29, 0.717) is 0 Å². The Morgan fingerprint density at radius 2 is 1.57 bits per heavy atom. The maximum atomic E-state index is 10.7. The molecule has 5 N–H and O–H groups in total. The van der Waals surface area contributed by atoms with Crippen molar-refractivity contribution >= 4 is 72.6 Å². The topological polar surface area (TPSA) is 153 Å². The van der Waals surface area contributed by atoms with Gasteiger partial charge in [0.1, 0.15) is 10.7 Å². The van der Waals surface area contributed by atoms with E-state index in [9.17, 15) is 16.8 Å². The number of halogens is 4. The molecule has 0 unspecified atom stereocenters. The van der Waals surface area contributed by atoms with Crippen LogP contribution in [0.25, 0.3) is 0 Å². The standard InChI is InChI=1S/C6H3Cl3O3S.C3H8ClN3O2S/c7-3-1-5(9)6(2-4(3)8)13(10,11)12;4-2-1-3(5)7-10(6,8)9/h1-2H,(H,10,11,12);1-2H2,(H2,5,7)(H2,6,8,9). The Morgan fingerprint density at radius 3 is 1.96 bits per heavy atom. The molecule has 0 aliphatic rings. The van der Waals surface area contributed by atoms with Crippen LogP contribution in [0.2, 0.25) is 15.1 Å². The summed E-state index contributed by atoms with van der Waals surface area (Å²) in [4.78, 5) is -0.455. The van der Waals surface area contributed by atoms with Gasteiger partial charge in [-0.25, -0.2) is 5.14 Å². The molecular weight excluding hydrogens is 436 g/mol. The summed E-state index contributed by atoms with van der Waals surface area (Å²) in [5.74, 6) is 0.155. The third-order valence-electron chi connectivity index (χ3n) is 1.85. The van der Waals surface area contributed by atoms with Crippen LogP contribution < -0.4 is 10.9 Å². The van der Waals surface area contributed by atoms with Crippen LogP contribution in [0, 0.1) is 0 Å². The van der Waals surface area contributed by atoms with Crippen LogP contribution in [0.5, 0.6) is 0 Å². The molecule has 8 nitrogen and oxygen atoms in total. The fourth-order valence-corrected chi connectivity index (χ4v) is 3.10. The first-order chi connectivity index (χ1) is 10.3. The second-order valence-corrected chi connectivity index (χ2v) is 7.91. The number of hydrogen-bond donors (Lipinski definition) is 3. The lowest BCUT2D eigenvalue weighted by Crippen LogP contribution is -2.18. The van der Waals surface area contributed by atoms with Crippen LogP contribution in [-0.2, 0) is 20.3 Å². The number of rotatable bonds is 4. The molecule has 0 saturated carbocycles. The van der Waals surface area contributed by atoms with Crippen molar-refractivity contribution in [2.24, 2.45) is 15.3 Å². The van der Waals surface area contributed by atoms with Crippen molar-refractivity contribution in [3.8, 4) is 0 Å². The summed E-state index contributed by atoms with van der Waals surface area (Å²) in [6.45, 7) is 0. The van der Waals surface area contributed by atoms with E-state index < -0.39 is 25.2 Å². The van der Waals surface area contributed by atoms with Crippen molar-refractivity contribution in [2.75, 3.05) is 5.88 Å². The Hall–Kier alpha value is -0.330. The van der Waals surface area contributed by atoms with E-state index in [-0.39, 0.29) is 33.2 Å². The van der Waals surface area contributed by atoms with Gasteiger partial charge in [0.25, 0.3) is 10.1 Å². The summed E-state index contributed by atoms with van der Waals surface area (Å²) in [5.41, 5.74) is 5.08. The van der Waals surface area contributed by atoms with Gasteiger partial charge in [0.15, 0.2) is 0 Å². The predicted molar refractivity (Wildman–Crippen MR) is 91.4 cm³/mol. The average Bonchev–Trinajstić information content (AvgIpc) is 2.31. The van der Waals surface area contributed by atoms with E-state index in [2.05, 4.69) is 9.54 Å². The molecule has 0 bridgehead atoms. The van der Waals surface area contributed by atoms with Gasteiger partial charge in [0.2, 0.25) is 0 Å². The first-order valence-corrected chi connectivity index (χ1v) is 9.94. The zero-order chi connectivity index (χ0) is 18.4. The molecule has 0 aromatic heterocycles. The summed E-state index contributed by atoms with van der Waals surface area (Å²) < 4.78 is 53.4. The Labute approximate surface area is 153 Å². The van der Waals surface area contributed by atoms with Crippen LogP contribution in [0.4, 0.5) is 0 Å². The van der Waals surface area contributed by atoms with Crippen molar-refractivity contribution in [3.05, 3.63) is 27.2 Å². The predicted octanol–water partition coefficient (Wildman–Crippen LogP) is 2.07. The SMILES string of the molecule is NC(CCCl)=NS(N)(=O)=O.O=S(=O)(O)c1cc(Cl)c(Cl)cc1Cl. The minimum absolute atomic E-state index is 0.0127. The summed E-state index contributed by atoms with van der Waals surface area (Å²) >= 11 is 21.8. The fourth-order valence-electron chi connectivity index (χ4n) is 1.01. The molecule has 0 amide bonds. The van der Waals surface area contributed by atoms with E-state index >= 15 is 0 Å². The molecule has 0 saturated heterocycles. The molecule has 0 aliphatic heterocycles. The molecule has 0 atom stereocenters. The second kappa shape index (κ2) is 9.23. The fraction of sp³-hybridized carbons (Fsp3) is 0.222. The lowest BCUT2D eigenvalue weighted by molar-refractivity contribution is 0.483. The zero-order valence-electron chi connectivity index (χ0n) is 11.1. The number of benzene rings is 1. The summed E-state index contributed by atoms with van der Waals surface area (Å²) in [6, 6.07) is 2.14. The van der Waals surface area contributed by atoms with Gasteiger partial charge in [-0.1, -0.05) is 34.8 Å². The first kappa shape index (κ1) is 22.7. The molecule has 0 radical (unpaired) electrons. The van der Waals surface area contributed by atoms with Crippen molar-refractivity contribution in [2.45, 2.75) is 11.3 Å². The van der Waals surface area contributed by atoms with Gasteiger partial charge in [-0.2, -0.15) is 16.8 Å². The maximum absolute atomic E-state index is 10.7. The van der Waals surface area contributed by atoms with Crippen LogP contribution in [0.1, 0.15) is 6.42 Å². The minimum Gasteiger partial charge on any atom is -0.386 e.